The van der Waals surface area contributed by atoms with E-state index >= 15 is 0 Å². The largest absolute Gasteiger partial charge is 0.310 e. The van der Waals surface area contributed by atoms with Gasteiger partial charge in [-0.25, -0.2) is 0 Å². The zero-order valence-electron chi connectivity index (χ0n) is 11.3. The molecule has 0 aromatic carbocycles. The molecule has 0 saturated carbocycles. The molecule has 0 aliphatic carbocycles. The molecule has 0 saturated heterocycles. The summed E-state index contributed by atoms with van der Waals surface area (Å²) in [5, 5.41) is 17.9. The second-order valence-electron chi connectivity index (χ2n) is 4.49. The molecule has 110 valence electrons. The van der Waals surface area contributed by atoms with Crippen LogP contribution in [0, 0.1) is 6.92 Å². The highest BCUT2D eigenvalue weighted by Crippen LogP contribution is 2.20. The van der Waals surface area contributed by atoms with Crippen LogP contribution in [0.5, 0.6) is 0 Å². The lowest BCUT2D eigenvalue weighted by atomic mass is 10.3. The van der Waals surface area contributed by atoms with E-state index in [9.17, 15) is 8.42 Å². The predicted octanol–water partition coefficient (Wildman–Crippen LogP) is 0.868. The van der Waals surface area contributed by atoms with Crippen LogP contribution in [0.3, 0.4) is 0 Å². The maximum Gasteiger partial charge on any atom is 0.280 e. The fraction of sp³-hybridized carbons (Fsp3) is 0.500. The van der Waals surface area contributed by atoms with Crippen LogP contribution in [0.1, 0.15) is 24.4 Å². The third-order valence-electron chi connectivity index (χ3n) is 2.40. The Kier molecular flexibility index (Phi) is 4.35. The molecular weight excluding hydrogens is 300 g/mol. The second-order valence-corrected chi connectivity index (χ2v) is 7.29. The van der Waals surface area contributed by atoms with E-state index in [4.69, 9.17) is 0 Å². The summed E-state index contributed by atoms with van der Waals surface area (Å²) in [4.78, 5) is 0. The summed E-state index contributed by atoms with van der Waals surface area (Å²) in [6, 6.07) is 0.249. The van der Waals surface area contributed by atoms with Gasteiger partial charge in [0.25, 0.3) is 10.0 Å². The predicted molar refractivity (Wildman–Crippen MR) is 76.0 cm³/mol. The maximum absolute atomic E-state index is 12.3. The molecule has 20 heavy (non-hydrogen) atoms. The molecule has 10 heteroatoms. The molecule has 3 N–H and O–H groups in total. The number of aromatic amines is 1. The van der Waals surface area contributed by atoms with Crippen molar-refractivity contribution < 1.29 is 8.42 Å². The highest BCUT2D eigenvalue weighted by molar-refractivity contribution is 7.92. The first-order valence-electron chi connectivity index (χ1n) is 5.97. The van der Waals surface area contributed by atoms with Crippen LogP contribution in [-0.2, 0) is 16.6 Å². The summed E-state index contributed by atoms with van der Waals surface area (Å²) in [6.07, 6.45) is 1.50. The third kappa shape index (κ3) is 3.52. The standard InChI is InChI=1S/C10H16N6O2S2/c1-6(2)11-4-8-5-12-14-9(8)20(17,18)16-10-15-13-7(3)19-10/h5-6,11H,4H2,1-3H3,(H,12,14)(H,15,16). The van der Waals surface area contributed by atoms with Crippen LogP contribution in [0.2, 0.25) is 0 Å². The molecule has 0 bridgehead atoms. The number of H-pyrrole nitrogens is 1. The minimum atomic E-state index is -3.74. The third-order valence-corrected chi connectivity index (χ3v) is 4.63. The van der Waals surface area contributed by atoms with Crippen LogP contribution in [0.4, 0.5) is 5.13 Å². The molecule has 0 unspecified atom stereocenters. The Morgan fingerprint density at radius 3 is 2.75 bits per heavy atom. The molecule has 0 amide bonds. The summed E-state index contributed by atoms with van der Waals surface area (Å²) >= 11 is 1.17. The molecule has 0 aliphatic rings. The Morgan fingerprint density at radius 2 is 2.15 bits per heavy atom. The number of sulfonamides is 1. The van der Waals surface area contributed by atoms with Gasteiger partial charge in [-0.3, -0.25) is 9.82 Å². The summed E-state index contributed by atoms with van der Waals surface area (Å²) in [5.74, 6) is 0. The summed E-state index contributed by atoms with van der Waals surface area (Å²) in [7, 11) is -3.74. The van der Waals surface area contributed by atoms with Gasteiger partial charge in [0, 0.05) is 18.2 Å². The van der Waals surface area contributed by atoms with Crippen molar-refractivity contribution in [1.82, 2.24) is 25.7 Å². The van der Waals surface area contributed by atoms with Gasteiger partial charge >= 0.3 is 0 Å². The number of hydrogen-bond donors (Lipinski definition) is 3. The van der Waals surface area contributed by atoms with Crippen molar-refractivity contribution in [3.05, 3.63) is 16.8 Å². The van der Waals surface area contributed by atoms with Crippen molar-refractivity contribution in [2.75, 3.05) is 4.72 Å². The molecule has 0 atom stereocenters. The number of rotatable bonds is 6. The minimum absolute atomic E-state index is 0.0403. The van der Waals surface area contributed by atoms with Crippen LogP contribution >= 0.6 is 11.3 Å². The van der Waals surface area contributed by atoms with E-state index in [1.54, 1.807) is 6.92 Å². The van der Waals surface area contributed by atoms with Crippen molar-refractivity contribution >= 4 is 26.5 Å². The Bertz CT molecular complexity index is 675. The average molecular weight is 316 g/mol. The number of aryl methyl sites for hydroxylation is 1. The van der Waals surface area contributed by atoms with E-state index in [1.807, 2.05) is 13.8 Å². The topological polar surface area (TPSA) is 113 Å². The van der Waals surface area contributed by atoms with Gasteiger partial charge in [0.15, 0.2) is 5.03 Å². The number of nitrogens with zero attached hydrogens (tertiary/aromatic N) is 3. The van der Waals surface area contributed by atoms with Crippen LogP contribution in [-0.4, -0.2) is 34.9 Å². The molecule has 0 radical (unpaired) electrons. The van der Waals surface area contributed by atoms with E-state index in [2.05, 4.69) is 30.4 Å². The van der Waals surface area contributed by atoms with Gasteiger partial charge in [-0.15, -0.1) is 10.2 Å². The Hall–Kier alpha value is -1.52. The lowest BCUT2D eigenvalue weighted by Crippen LogP contribution is -2.23. The molecule has 0 aliphatic heterocycles. The molecule has 2 rings (SSSR count). The van der Waals surface area contributed by atoms with Gasteiger partial charge in [0.05, 0.1) is 6.20 Å². The fourth-order valence-corrected chi connectivity index (χ4v) is 3.43. The van der Waals surface area contributed by atoms with Crippen molar-refractivity contribution in [3.63, 3.8) is 0 Å². The Morgan fingerprint density at radius 1 is 1.40 bits per heavy atom. The first-order valence-corrected chi connectivity index (χ1v) is 8.27. The quantitative estimate of drug-likeness (QED) is 0.729. The summed E-state index contributed by atoms with van der Waals surface area (Å²) < 4.78 is 26.9. The molecule has 0 spiro atoms. The number of aromatic nitrogens is 4. The van der Waals surface area contributed by atoms with Crippen molar-refractivity contribution in [3.8, 4) is 0 Å². The first-order chi connectivity index (χ1) is 9.38. The van der Waals surface area contributed by atoms with E-state index in [-0.39, 0.29) is 16.2 Å². The summed E-state index contributed by atoms with van der Waals surface area (Å²) in [6.45, 7) is 6.14. The molecule has 8 nitrogen and oxygen atoms in total. The van der Waals surface area contributed by atoms with Crippen molar-refractivity contribution in [2.24, 2.45) is 0 Å². The average Bonchev–Trinajstić information content (AvgIpc) is 2.95. The van der Waals surface area contributed by atoms with E-state index < -0.39 is 10.0 Å². The zero-order valence-corrected chi connectivity index (χ0v) is 13.0. The molecular formula is C10H16N6O2S2. The molecule has 0 fully saturated rings. The van der Waals surface area contributed by atoms with Gasteiger partial charge in [0.2, 0.25) is 5.13 Å². The van der Waals surface area contributed by atoms with Crippen LogP contribution < -0.4 is 10.0 Å². The van der Waals surface area contributed by atoms with Crippen LogP contribution in [0.15, 0.2) is 11.2 Å². The molecule has 2 heterocycles. The number of hydrogen-bond acceptors (Lipinski definition) is 7. The van der Waals surface area contributed by atoms with Gasteiger partial charge in [-0.05, 0) is 6.92 Å². The first kappa shape index (κ1) is 14.9. The maximum atomic E-state index is 12.3. The monoisotopic (exact) mass is 316 g/mol. The fourth-order valence-electron chi connectivity index (χ4n) is 1.48. The minimum Gasteiger partial charge on any atom is -0.310 e. The lowest BCUT2D eigenvalue weighted by Gasteiger charge is -2.08. The van der Waals surface area contributed by atoms with Crippen molar-refractivity contribution in [1.29, 1.82) is 0 Å². The molecule has 2 aromatic heterocycles. The van der Waals surface area contributed by atoms with Gasteiger partial charge in [-0.2, -0.15) is 13.5 Å². The van der Waals surface area contributed by atoms with Gasteiger partial charge < -0.3 is 5.32 Å². The van der Waals surface area contributed by atoms with E-state index in [0.717, 1.165) is 0 Å². The highest BCUT2D eigenvalue weighted by atomic mass is 32.2. The van der Waals surface area contributed by atoms with E-state index in [0.29, 0.717) is 17.1 Å². The lowest BCUT2D eigenvalue weighted by molar-refractivity contribution is 0.574. The van der Waals surface area contributed by atoms with Gasteiger partial charge in [0.1, 0.15) is 5.01 Å². The second kappa shape index (κ2) is 5.85. The van der Waals surface area contributed by atoms with E-state index in [1.165, 1.54) is 17.5 Å². The Labute approximate surface area is 121 Å². The van der Waals surface area contributed by atoms with Gasteiger partial charge in [-0.1, -0.05) is 25.2 Å². The zero-order chi connectivity index (χ0) is 14.8. The molecule has 2 aromatic rings. The van der Waals surface area contributed by atoms with Crippen LogP contribution in [0.25, 0.3) is 0 Å². The van der Waals surface area contributed by atoms with Crippen molar-refractivity contribution in [2.45, 2.75) is 38.4 Å². The number of nitrogens with one attached hydrogen (secondary N) is 3. The summed E-state index contributed by atoms with van der Waals surface area (Å²) in [5.41, 5.74) is 0.576. The normalized spacial score (nSPS) is 12.0. The SMILES string of the molecule is Cc1nnc(NS(=O)(=O)c2[nH]ncc2CNC(C)C)s1. The smallest absolute Gasteiger partial charge is 0.280 e. The number of anilines is 1. The Balaban J connectivity index is 2.19. The highest BCUT2D eigenvalue weighted by Gasteiger charge is 2.22.